The number of ether oxygens (including phenoxy) is 1. The Balaban J connectivity index is 1.83. The standard InChI is InChI=1S/C26H42N4O6/c1-24(2,3)19(29-23(35)36-25(4,5)6)22(34)30-12-14-16(26(14,7)8)17(30)21(33)28-15(11-13-9-10-13)18(31)20(27)32/h13-17,19H,9-12H2,1-8H3,(H2,27,32)(H,28,33)(H,29,35)/t14-,15?,16?,17-,19?/m0/s1. The van der Waals surface area contributed by atoms with Crippen LogP contribution in [-0.4, -0.2) is 64.8 Å². The van der Waals surface area contributed by atoms with Gasteiger partial charge in [-0.1, -0.05) is 47.5 Å². The topological polar surface area (TPSA) is 148 Å². The van der Waals surface area contributed by atoms with Crippen LogP contribution in [0.25, 0.3) is 0 Å². The minimum absolute atomic E-state index is 0.0890. The number of nitrogens with one attached hydrogen (secondary N) is 2. The molecule has 4 N–H and O–H groups in total. The number of primary amides is 1. The molecule has 10 nitrogen and oxygen atoms in total. The number of ketones is 1. The summed E-state index contributed by atoms with van der Waals surface area (Å²) in [5.74, 6) is -2.45. The molecule has 10 heteroatoms. The maximum Gasteiger partial charge on any atom is 0.408 e. The van der Waals surface area contributed by atoms with E-state index in [1.807, 2.05) is 20.8 Å². The van der Waals surface area contributed by atoms with Crippen LogP contribution in [0.15, 0.2) is 0 Å². The van der Waals surface area contributed by atoms with Crippen LogP contribution in [0.3, 0.4) is 0 Å². The SMILES string of the molecule is CC(C)(C)OC(=O)NC(C(=O)N1C[C@H]2C([C@H]1C(=O)NC(CC1CC1)C(=O)C(N)=O)C2(C)C)C(C)(C)C. The molecule has 3 fully saturated rings. The number of nitrogens with two attached hydrogens (primary N) is 1. The van der Waals surface area contributed by atoms with Crippen molar-refractivity contribution in [2.24, 2.45) is 34.3 Å². The molecule has 3 aliphatic rings. The van der Waals surface area contributed by atoms with E-state index in [4.69, 9.17) is 10.5 Å². The molecule has 2 aliphatic carbocycles. The van der Waals surface area contributed by atoms with Gasteiger partial charge in [0.05, 0.1) is 6.04 Å². The Labute approximate surface area is 213 Å². The first-order valence-corrected chi connectivity index (χ1v) is 12.8. The highest BCUT2D eigenvalue weighted by molar-refractivity contribution is 6.37. The predicted octanol–water partition coefficient (Wildman–Crippen LogP) is 1.75. The Morgan fingerprint density at radius 2 is 1.61 bits per heavy atom. The van der Waals surface area contributed by atoms with Crippen molar-refractivity contribution in [1.29, 1.82) is 0 Å². The zero-order chi connectivity index (χ0) is 27.4. The molecule has 0 bridgehead atoms. The summed E-state index contributed by atoms with van der Waals surface area (Å²) in [6.07, 6.45) is 1.52. The van der Waals surface area contributed by atoms with Crippen LogP contribution in [0.1, 0.15) is 74.7 Å². The zero-order valence-corrected chi connectivity index (χ0v) is 22.8. The molecule has 5 atom stereocenters. The number of alkyl carbamates (subject to hydrolysis) is 1. The van der Waals surface area contributed by atoms with Crippen LogP contribution in [0, 0.1) is 28.6 Å². The fourth-order valence-corrected chi connectivity index (χ4v) is 5.40. The molecular formula is C26H42N4O6. The molecule has 3 unspecified atom stereocenters. The highest BCUT2D eigenvalue weighted by Gasteiger charge is 2.70. The van der Waals surface area contributed by atoms with E-state index in [1.54, 1.807) is 20.8 Å². The van der Waals surface area contributed by atoms with Crippen LogP contribution in [0.5, 0.6) is 0 Å². The monoisotopic (exact) mass is 506 g/mol. The van der Waals surface area contributed by atoms with E-state index in [0.29, 0.717) is 13.0 Å². The van der Waals surface area contributed by atoms with Crippen LogP contribution in [0.4, 0.5) is 4.79 Å². The van der Waals surface area contributed by atoms with Crippen LogP contribution in [0.2, 0.25) is 0 Å². The number of hydrogen-bond donors (Lipinski definition) is 3. The molecule has 202 valence electrons. The lowest BCUT2D eigenvalue weighted by molar-refractivity contribution is -0.145. The third kappa shape index (κ3) is 6.00. The number of Topliss-reactive ketones (excluding diaryl/α,β-unsaturated/α-hetero) is 1. The van der Waals surface area contributed by atoms with Crippen molar-refractivity contribution < 1.29 is 28.7 Å². The summed E-state index contributed by atoms with van der Waals surface area (Å²) >= 11 is 0. The third-order valence-electron chi connectivity index (χ3n) is 7.68. The number of carbonyl (C=O) groups is 5. The second kappa shape index (κ2) is 9.34. The molecular weight excluding hydrogens is 464 g/mol. The van der Waals surface area contributed by atoms with Crippen molar-refractivity contribution in [3.8, 4) is 0 Å². The van der Waals surface area contributed by atoms with Gasteiger partial charge in [-0.3, -0.25) is 19.2 Å². The number of rotatable bonds is 8. The molecule has 0 aromatic carbocycles. The number of carbonyl (C=O) groups excluding carboxylic acids is 5. The Morgan fingerprint density at radius 1 is 1.03 bits per heavy atom. The van der Waals surface area contributed by atoms with E-state index in [1.165, 1.54) is 4.90 Å². The van der Waals surface area contributed by atoms with E-state index in [-0.39, 0.29) is 29.1 Å². The summed E-state index contributed by atoms with van der Waals surface area (Å²) in [4.78, 5) is 65.5. The highest BCUT2D eigenvalue weighted by atomic mass is 16.6. The van der Waals surface area contributed by atoms with Crippen molar-refractivity contribution in [2.75, 3.05) is 6.54 Å². The van der Waals surface area contributed by atoms with Crippen molar-refractivity contribution in [3.63, 3.8) is 0 Å². The number of piperidine rings is 1. The lowest BCUT2D eigenvalue weighted by Crippen LogP contribution is -2.60. The van der Waals surface area contributed by atoms with Gasteiger partial charge in [0, 0.05) is 6.54 Å². The summed E-state index contributed by atoms with van der Waals surface area (Å²) in [5, 5.41) is 5.45. The Morgan fingerprint density at radius 3 is 2.08 bits per heavy atom. The first-order valence-electron chi connectivity index (χ1n) is 12.8. The lowest BCUT2D eigenvalue weighted by Gasteiger charge is -2.38. The number of amides is 4. The maximum atomic E-state index is 13.8. The first kappa shape index (κ1) is 27.9. The van der Waals surface area contributed by atoms with Crippen molar-refractivity contribution >= 4 is 29.6 Å². The normalized spacial score (nSPS) is 26.3. The van der Waals surface area contributed by atoms with E-state index < -0.39 is 52.8 Å². The summed E-state index contributed by atoms with van der Waals surface area (Å²) in [6.45, 7) is 15.2. The summed E-state index contributed by atoms with van der Waals surface area (Å²) in [6, 6.07) is -2.75. The van der Waals surface area contributed by atoms with Gasteiger partial charge in [0.2, 0.25) is 17.6 Å². The van der Waals surface area contributed by atoms with E-state index >= 15 is 0 Å². The van der Waals surface area contributed by atoms with E-state index in [2.05, 4.69) is 24.5 Å². The van der Waals surface area contributed by atoms with Gasteiger partial charge in [0.15, 0.2) is 0 Å². The van der Waals surface area contributed by atoms with Gasteiger partial charge in [-0.25, -0.2) is 4.79 Å². The van der Waals surface area contributed by atoms with E-state index in [0.717, 1.165) is 12.8 Å². The second-order valence-electron chi connectivity index (χ2n) is 13.3. The van der Waals surface area contributed by atoms with Gasteiger partial charge in [-0.2, -0.15) is 0 Å². The van der Waals surface area contributed by atoms with Crippen LogP contribution < -0.4 is 16.4 Å². The smallest absolute Gasteiger partial charge is 0.408 e. The Hall–Kier alpha value is -2.65. The zero-order valence-electron chi connectivity index (χ0n) is 22.8. The minimum Gasteiger partial charge on any atom is -0.444 e. The molecule has 1 heterocycles. The molecule has 1 saturated heterocycles. The quantitative estimate of drug-likeness (QED) is 0.427. The van der Waals surface area contributed by atoms with Gasteiger partial charge < -0.3 is 26.0 Å². The molecule has 1 aliphatic heterocycles. The summed E-state index contributed by atoms with van der Waals surface area (Å²) in [7, 11) is 0. The number of hydrogen-bond acceptors (Lipinski definition) is 6. The summed E-state index contributed by atoms with van der Waals surface area (Å²) in [5.41, 5.74) is 3.70. The minimum atomic E-state index is -1.08. The van der Waals surface area contributed by atoms with E-state index in [9.17, 15) is 24.0 Å². The molecule has 0 aromatic rings. The van der Waals surface area contributed by atoms with Crippen molar-refractivity contribution in [1.82, 2.24) is 15.5 Å². The van der Waals surface area contributed by atoms with Gasteiger partial charge in [-0.15, -0.1) is 0 Å². The molecule has 36 heavy (non-hydrogen) atoms. The average molecular weight is 507 g/mol. The van der Waals surface area contributed by atoms with Crippen LogP contribution in [-0.2, 0) is 23.9 Å². The van der Waals surface area contributed by atoms with Gasteiger partial charge in [-0.05, 0) is 55.8 Å². The lowest BCUT2D eigenvalue weighted by atomic mass is 9.85. The first-order chi connectivity index (χ1) is 16.3. The van der Waals surface area contributed by atoms with Gasteiger partial charge in [0.25, 0.3) is 5.91 Å². The fraction of sp³-hybridized carbons (Fsp3) is 0.808. The number of fused-ring (bicyclic) bond motifs is 1. The third-order valence-corrected chi connectivity index (χ3v) is 7.68. The highest BCUT2D eigenvalue weighted by Crippen LogP contribution is 2.65. The Kier molecular flexibility index (Phi) is 7.24. The Bertz CT molecular complexity index is 943. The average Bonchev–Trinajstić information content (AvgIpc) is 3.55. The number of nitrogens with zero attached hydrogens (tertiary/aromatic N) is 1. The van der Waals surface area contributed by atoms with Gasteiger partial charge in [0.1, 0.15) is 17.7 Å². The fourth-order valence-electron chi connectivity index (χ4n) is 5.40. The molecule has 0 spiro atoms. The van der Waals surface area contributed by atoms with Crippen LogP contribution >= 0.6 is 0 Å². The molecule has 2 saturated carbocycles. The predicted molar refractivity (Wildman–Crippen MR) is 132 cm³/mol. The largest absolute Gasteiger partial charge is 0.444 e. The number of likely N-dealkylation sites (tertiary alicyclic amines) is 1. The van der Waals surface area contributed by atoms with Crippen molar-refractivity contribution in [3.05, 3.63) is 0 Å². The molecule has 4 amide bonds. The summed E-state index contributed by atoms with van der Waals surface area (Å²) < 4.78 is 5.38. The molecule has 0 aromatic heterocycles. The van der Waals surface area contributed by atoms with Gasteiger partial charge >= 0.3 is 6.09 Å². The van der Waals surface area contributed by atoms with Crippen molar-refractivity contribution in [2.45, 2.75) is 98.4 Å². The molecule has 0 radical (unpaired) electrons. The molecule has 3 rings (SSSR count). The second-order valence-corrected chi connectivity index (χ2v) is 13.3. The maximum absolute atomic E-state index is 13.8.